The first kappa shape index (κ1) is 14.7. The normalized spacial score (nSPS) is 21.6. The highest BCUT2D eigenvalue weighted by Gasteiger charge is 2.43. The van der Waals surface area contributed by atoms with Crippen LogP contribution >= 0.6 is 11.3 Å². The van der Waals surface area contributed by atoms with Crippen molar-refractivity contribution in [3.8, 4) is 0 Å². The summed E-state index contributed by atoms with van der Waals surface area (Å²) in [4.78, 5) is 27.3. The maximum atomic E-state index is 11.7. The Kier molecular flexibility index (Phi) is 4.56. The van der Waals surface area contributed by atoms with Crippen LogP contribution in [0.2, 0.25) is 0 Å². The molecule has 1 saturated heterocycles. The fourth-order valence-electron chi connectivity index (χ4n) is 1.95. The Morgan fingerprint density at radius 2 is 2.40 bits per heavy atom. The second-order valence-corrected chi connectivity index (χ2v) is 5.65. The zero-order valence-electron chi connectivity index (χ0n) is 11.1. The fourth-order valence-corrected chi connectivity index (χ4v) is 2.72. The maximum Gasteiger partial charge on any atom is 0.332 e. The number of carbonyl (C=O) groups excluding carboxylic acids is 1. The van der Waals surface area contributed by atoms with E-state index in [4.69, 9.17) is 4.74 Å². The number of aliphatic carboxylic acids is 1. The van der Waals surface area contributed by atoms with Gasteiger partial charge in [0, 0.05) is 37.1 Å². The van der Waals surface area contributed by atoms with Crippen LogP contribution in [0.1, 0.15) is 17.1 Å². The van der Waals surface area contributed by atoms with Gasteiger partial charge in [-0.25, -0.2) is 14.6 Å². The molecule has 0 radical (unpaired) electrons. The minimum absolute atomic E-state index is 0.00142. The smallest absolute Gasteiger partial charge is 0.332 e. The zero-order valence-corrected chi connectivity index (χ0v) is 12.0. The molecule has 0 saturated carbocycles. The number of hydrogen-bond donors (Lipinski definition) is 3. The summed E-state index contributed by atoms with van der Waals surface area (Å²) in [6, 6.07) is -0.494. The quantitative estimate of drug-likeness (QED) is 0.736. The van der Waals surface area contributed by atoms with Crippen molar-refractivity contribution in [1.29, 1.82) is 0 Å². The predicted octanol–water partition coefficient (Wildman–Crippen LogP) is 0.537. The van der Waals surface area contributed by atoms with Gasteiger partial charge in [0.1, 0.15) is 0 Å². The predicted molar refractivity (Wildman–Crippen MR) is 72.9 cm³/mol. The maximum absolute atomic E-state index is 11.7. The SMILES string of the molecule is Cc1csc(CCNC(=O)NC2(C(=O)O)CCOC2)n1. The van der Waals surface area contributed by atoms with Gasteiger partial charge < -0.3 is 20.5 Å². The van der Waals surface area contributed by atoms with Crippen molar-refractivity contribution < 1.29 is 19.4 Å². The van der Waals surface area contributed by atoms with E-state index in [9.17, 15) is 14.7 Å². The highest BCUT2D eigenvalue weighted by atomic mass is 32.1. The molecule has 2 heterocycles. The number of rotatable bonds is 5. The lowest BCUT2D eigenvalue weighted by Gasteiger charge is -2.23. The first-order chi connectivity index (χ1) is 9.52. The second-order valence-electron chi connectivity index (χ2n) is 4.70. The van der Waals surface area contributed by atoms with Gasteiger partial charge in [-0.2, -0.15) is 0 Å². The summed E-state index contributed by atoms with van der Waals surface area (Å²) in [7, 11) is 0. The molecule has 3 N–H and O–H groups in total. The molecule has 0 spiro atoms. The van der Waals surface area contributed by atoms with Gasteiger partial charge in [-0.15, -0.1) is 11.3 Å². The summed E-state index contributed by atoms with van der Waals surface area (Å²) >= 11 is 1.54. The van der Waals surface area contributed by atoms with Crippen LogP contribution in [0.3, 0.4) is 0 Å². The van der Waals surface area contributed by atoms with E-state index in [2.05, 4.69) is 15.6 Å². The Labute approximate surface area is 120 Å². The van der Waals surface area contributed by atoms with Gasteiger partial charge in [0.05, 0.1) is 11.6 Å². The molecule has 110 valence electrons. The standard InChI is InChI=1S/C12H17N3O4S/c1-8-6-20-9(14-8)2-4-13-11(18)15-12(10(16)17)3-5-19-7-12/h6H,2-5,7H2,1H3,(H,16,17)(H2,13,15,18). The molecule has 2 rings (SSSR count). The number of urea groups is 1. The number of carbonyl (C=O) groups is 2. The topological polar surface area (TPSA) is 101 Å². The number of aryl methyl sites for hydroxylation is 1. The Balaban J connectivity index is 1.78. The number of carboxylic acids is 1. The van der Waals surface area contributed by atoms with E-state index in [0.29, 0.717) is 19.6 Å². The van der Waals surface area contributed by atoms with E-state index >= 15 is 0 Å². The molecule has 1 unspecified atom stereocenters. The summed E-state index contributed by atoms with van der Waals surface area (Å²) in [6.07, 6.45) is 0.907. The number of hydrogen-bond acceptors (Lipinski definition) is 5. The molecule has 0 aliphatic carbocycles. The van der Waals surface area contributed by atoms with E-state index in [1.165, 1.54) is 0 Å². The number of carboxylic acid groups (broad SMARTS) is 1. The molecule has 20 heavy (non-hydrogen) atoms. The Bertz CT molecular complexity index is 497. The number of nitrogens with one attached hydrogen (secondary N) is 2. The molecule has 1 aromatic heterocycles. The summed E-state index contributed by atoms with van der Waals surface area (Å²) < 4.78 is 5.07. The summed E-state index contributed by atoms with van der Waals surface area (Å²) in [5.74, 6) is -1.07. The highest BCUT2D eigenvalue weighted by Crippen LogP contribution is 2.18. The van der Waals surface area contributed by atoms with E-state index in [0.717, 1.165) is 10.7 Å². The lowest BCUT2D eigenvalue weighted by molar-refractivity contribution is -0.144. The first-order valence-electron chi connectivity index (χ1n) is 6.30. The largest absolute Gasteiger partial charge is 0.479 e. The van der Waals surface area contributed by atoms with Crippen LogP contribution in [0, 0.1) is 6.92 Å². The molecule has 1 fully saturated rings. The van der Waals surface area contributed by atoms with E-state index in [1.807, 2.05) is 12.3 Å². The highest BCUT2D eigenvalue weighted by molar-refractivity contribution is 7.09. The molecule has 7 nitrogen and oxygen atoms in total. The molecular weight excluding hydrogens is 282 g/mol. The average Bonchev–Trinajstić information content (AvgIpc) is 2.99. The van der Waals surface area contributed by atoms with Gasteiger partial charge in [0.2, 0.25) is 0 Å². The monoisotopic (exact) mass is 299 g/mol. The summed E-state index contributed by atoms with van der Waals surface area (Å²) in [5.41, 5.74) is -0.343. The second kappa shape index (κ2) is 6.19. The third-order valence-electron chi connectivity index (χ3n) is 3.07. The molecule has 2 amide bonds. The van der Waals surface area contributed by atoms with Gasteiger partial charge in [0.25, 0.3) is 0 Å². The molecule has 8 heteroatoms. The molecule has 1 atom stereocenters. The van der Waals surface area contributed by atoms with Crippen LogP contribution in [0.4, 0.5) is 4.79 Å². The third-order valence-corrected chi connectivity index (χ3v) is 4.10. The lowest BCUT2D eigenvalue weighted by atomic mass is 9.99. The van der Waals surface area contributed by atoms with Crippen molar-refractivity contribution in [2.45, 2.75) is 25.3 Å². The number of thiazole rings is 1. The fraction of sp³-hybridized carbons (Fsp3) is 0.583. The van der Waals surface area contributed by atoms with Gasteiger partial charge in [-0.1, -0.05) is 0 Å². The molecule has 1 aliphatic heterocycles. The summed E-state index contributed by atoms with van der Waals surface area (Å²) in [6.45, 7) is 2.67. The zero-order chi connectivity index (χ0) is 14.6. The molecular formula is C12H17N3O4S. The molecule has 0 bridgehead atoms. The Morgan fingerprint density at radius 3 is 2.95 bits per heavy atom. The Morgan fingerprint density at radius 1 is 1.60 bits per heavy atom. The van der Waals surface area contributed by atoms with Gasteiger partial charge >= 0.3 is 12.0 Å². The molecule has 1 aliphatic rings. The van der Waals surface area contributed by atoms with Gasteiger partial charge in [-0.05, 0) is 6.92 Å². The van der Waals surface area contributed by atoms with Crippen LogP contribution in [0.25, 0.3) is 0 Å². The number of nitrogens with zero attached hydrogens (tertiary/aromatic N) is 1. The van der Waals surface area contributed by atoms with E-state index in [-0.39, 0.29) is 13.0 Å². The molecule has 0 aromatic carbocycles. The van der Waals surface area contributed by atoms with E-state index < -0.39 is 17.5 Å². The van der Waals surface area contributed by atoms with Crippen molar-refractivity contribution in [3.63, 3.8) is 0 Å². The van der Waals surface area contributed by atoms with Crippen LogP contribution in [0.5, 0.6) is 0 Å². The lowest BCUT2D eigenvalue weighted by Crippen LogP contribution is -2.57. The number of amides is 2. The number of aromatic nitrogens is 1. The van der Waals surface area contributed by atoms with Crippen LogP contribution in [0.15, 0.2) is 5.38 Å². The van der Waals surface area contributed by atoms with Crippen LogP contribution < -0.4 is 10.6 Å². The van der Waals surface area contributed by atoms with Crippen LogP contribution in [-0.2, 0) is 16.0 Å². The minimum Gasteiger partial charge on any atom is -0.479 e. The third kappa shape index (κ3) is 3.45. The number of ether oxygens (including phenoxy) is 1. The van der Waals surface area contributed by atoms with Crippen molar-refractivity contribution in [3.05, 3.63) is 16.1 Å². The van der Waals surface area contributed by atoms with Gasteiger partial charge in [-0.3, -0.25) is 0 Å². The van der Waals surface area contributed by atoms with Gasteiger partial charge in [0.15, 0.2) is 5.54 Å². The van der Waals surface area contributed by atoms with Crippen molar-refractivity contribution in [1.82, 2.24) is 15.6 Å². The summed E-state index contributed by atoms with van der Waals surface area (Å²) in [5, 5.41) is 17.2. The van der Waals surface area contributed by atoms with Crippen molar-refractivity contribution in [2.75, 3.05) is 19.8 Å². The average molecular weight is 299 g/mol. The van der Waals surface area contributed by atoms with Crippen molar-refractivity contribution >= 4 is 23.3 Å². The van der Waals surface area contributed by atoms with Crippen molar-refractivity contribution in [2.24, 2.45) is 0 Å². The van der Waals surface area contributed by atoms with E-state index in [1.54, 1.807) is 11.3 Å². The minimum atomic E-state index is -1.30. The van der Waals surface area contributed by atoms with Crippen LogP contribution in [-0.4, -0.2) is 47.4 Å². The Hall–Kier alpha value is -1.67. The molecule has 1 aromatic rings. The first-order valence-corrected chi connectivity index (χ1v) is 7.18.